The highest BCUT2D eigenvalue weighted by atomic mass is 127. The summed E-state index contributed by atoms with van der Waals surface area (Å²) < 4.78 is 6.82. The molecule has 2 aromatic carbocycles. The third-order valence-electron chi connectivity index (χ3n) is 7.73. The molecule has 4 atom stereocenters. The summed E-state index contributed by atoms with van der Waals surface area (Å²) in [6.07, 6.45) is 1.26. The molecule has 1 saturated carbocycles. The monoisotopic (exact) mass is 545 g/mol. The summed E-state index contributed by atoms with van der Waals surface area (Å²) in [6.45, 7) is 6.10. The fourth-order valence-corrected chi connectivity index (χ4v) is 7.16. The first-order valence-electron chi connectivity index (χ1n) is 11.2. The van der Waals surface area contributed by atoms with Gasteiger partial charge in [-0.25, -0.2) is 4.79 Å². The van der Waals surface area contributed by atoms with Crippen LogP contribution in [0, 0.1) is 14.9 Å². The topological polar surface area (TPSA) is 66.8 Å². The van der Waals surface area contributed by atoms with Crippen molar-refractivity contribution < 1.29 is 19.4 Å². The van der Waals surface area contributed by atoms with Crippen LogP contribution in [0.3, 0.4) is 0 Å². The molecule has 1 amide bonds. The Bertz CT molecular complexity index is 1090. The third kappa shape index (κ3) is 2.94. The number of fused-ring (bicyclic) bond motifs is 1. The molecule has 6 heteroatoms. The van der Waals surface area contributed by atoms with Crippen LogP contribution in [0.15, 0.2) is 48.5 Å². The lowest BCUT2D eigenvalue weighted by molar-refractivity contribution is -0.157. The van der Waals surface area contributed by atoms with Gasteiger partial charge in [-0.3, -0.25) is 4.79 Å². The van der Waals surface area contributed by atoms with Crippen LogP contribution in [0.25, 0.3) is 0 Å². The second kappa shape index (κ2) is 7.20. The molecule has 32 heavy (non-hydrogen) atoms. The van der Waals surface area contributed by atoms with E-state index in [2.05, 4.69) is 52.9 Å². The average molecular weight is 545 g/mol. The number of likely N-dealkylation sites (tertiary alicyclic amines) is 1. The molecule has 0 spiro atoms. The molecule has 1 saturated heterocycles. The largest absolute Gasteiger partial charge is 0.481 e. The van der Waals surface area contributed by atoms with Crippen LogP contribution < -0.4 is 0 Å². The van der Waals surface area contributed by atoms with E-state index < -0.39 is 28.5 Å². The van der Waals surface area contributed by atoms with Crippen LogP contribution in [-0.2, 0) is 14.9 Å². The van der Waals surface area contributed by atoms with E-state index in [1.165, 1.54) is 5.56 Å². The molecule has 2 bridgehead atoms. The predicted octanol–water partition coefficient (Wildman–Crippen LogP) is 5.41. The number of carbonyl (C=O) groups is 2. The van der Waals surface area contributed by atoms with Crippen molar-refractivity contribution in [3.63, 3.8) is 0 Å². The van der Waals surface area contributed by atoms with Crippen LogP contribution in [-0.4, -0.2) is 40.8 Å². The highest BCUT2D eigenvalue weighted by Gasteiger charge is 2.71. The highest BCUT2D eigenvalue weighted by Crippen LogP contribution is 2.69. The van der Waals surface area contributed by atoms with Gasteiger partial charge in [0.25, 0.3) is 0 Å². The van der Waals surface area contributed by atoms with Gasteiger partial charge < -0.3 is 14.7 Å². The highest BCUT2D eigenvalue weighted by molar-refractivity contribution is 14.1. The van der Waals surface area contributed by atoms with Gasteiger partial charge in [0.05, 0.1) is 5.41 Å². The molecule has 1 heterocycles. The van der Waals surface area contributed by atoms with Crippen LogP contribution in [0.2, 0.25) is 0 Å². The molecule has 0 aromatic heterocycles. The molecule has 1 aliphatic heterocycles. The van der Waals surface area contributed by atoms with E-state index in [4.69, 9.17) is 4.74 Å². The van der Waals surface area contributed by atoms with E-state index >= 15 is 0 Å². The van der Waals surface area contributed by atoms with E-state index in [-0.39, 0.29) is 18.4 Å². The van der Waals surface area contributed by atoms with Crippen LogP contribution in [0.5, 0.6) is 0 Å². The summed E-state index contributed by atoms with van der Waals surface area (Å²) >= 11 is 2.34. The fourth-order valence-electron chi connectivity index (χ4n) is 6.67. The van der Waals surface area contributed by atoms with Crippen molar-refractivity contribution in [3.05, 3.63) is 68.8 Å². The van der Waals surface area contributed by atoms with Gasteiger partial charge in [0.1, 0.15) is 5.60 Å². The molecular weight excluding hydrogens is 517 g/mol. The number of carboxylic acid groups (broad SMARTS) is 1. The van der Waals surface area contributed by atoms with Gasteiger partial charge >= 0.3 is 12.1 Å². The second-order valence-electron chi connectivity index (χ2n) is 10.4. The summed E-state index contributed by atoms with van der Waals surface area (Å²) in [5.41, 5.74) is 1.41. The number of hydrogen-bond donors (Lipinski definition) is 1. The number of ether oxygens (including phenoxy) is 1. The number of carboxylic acids is 1. The Morgan fingerprint density at radius 1 is 1.16 bits per heavy atom. The van der Waals surface area contributed by atoms with Crippen LogP contribution in [0.1, 0.15) is 56.2 Å². The Kier molecular flexibility index (Phi) is 4.89. The summed E-state index contributed by atoms with van der Waals surface area (Å²) in [7, 11) is 0. The molecule has 0 radical (unpaired) electrons. The number of amides is 1. The molecule has 6 rings (SSSR count). The first-order chi connectivity index (χ1) is 15.1. The van der Waals surface area contributed by atoms with Crippen molar-refractivity contribution >= 4 is 34.7 Å². The minimum absolute atomic E-state index is 0.116. The quantitative estimate of drug-likeness (QED) is 0.513. The van der Waals surface area contributed by atoms with Gasteiger partial charge in [-0.15, -0.1) is 0 Å². The summed E-state index contributed by atoms with van der Waals surface area (Å²) in [5, 5.41) is 10.7. The SMILES string of the molecule is CC(C)(C)OC(=O)N1CC2C3(c4ccccc4)CCC(c4ccc(I)cc43)C2(C(=O)O)C1. The van der Waals surface area contributed by atoms with Gasteiger partial charge in [0.15, 0.2) is 0 Å². The summed E-state index contributed by atoms with van der Waals surface area (Å²) in [4.78, 5) is 27.8. The number of benzene rings is 2. The number of hydrogen-bond acceptors (Lipinski definition) is 3. The lowest BCUT2D eigenvalue weighted by atomic mass is 9.42. The molecule has 4 aliphatic rings. The molecule has 2 fully saturated rings. The Balaban J connectivity index is 1.72. The zero-order valence-corrected chi connectivity index (χ0v) is 20.8. The summed E-state index contributed by atoms with van der Waals surface area (Å²) in [5.74, 6) is -1.13. The lowest BCUT2D eigenvalue weighted by Crippen LogP contribution is -2.60. The first-order valence-corrected chi connectivity index (χ1v) is 12.2. The van der Waals surface area contributed by atoms with Gasteiger partial charge in [-0.2, -0.15) is 0 Å². The second-order valence-corrected chi connectivity index (χ2v) is 11.7. The Hall–Kier alpha value is -2.09. The predicted molar refractivity (Wildman–Crippen MR) is 130 cm³/mol. The van der Waals surface area contributed by atoms with Gasteiger partial charge in [-0.05, 0) is 85.0 Å². The van der Waals surface area contributed by atoms with Gasteiger partial charge in [0.2, 0.25) is 0 Å². The van der Waals surface area contributed by atoms with Gasteiger partial charge in [-0.1, -0.05) is 36.4 Å². The van der Waals surface area contributed by atoms with E-state index in [0.29, 0.717) is 6.54 Å². The Morgan fingerprint density at radius 3 is 2.53 bits per heavy atom. The number of nitrogens with zero attached hydrogens (tertiary/aromatic N) is 1. The molecule has 168 valence electrons. The molecule has 3 aliphatic carbocycles. The summed E-state index contributed by atoms with van der Waals surface area (Å²) in [6, 6.07) is 16.7. The van der Waals surface area contributed by atoms with E-state index in [9.17, 15) is 14.7 Å². The number of aliphatic carboxylic acids is 1. The maximum atomic E-state index is 13.1. The minimum atomic E-state index is -1.02. The van der Waals surface area contributed by atoms with E-state index in [1.54, 1.807) is 4.90 Å². The maximum Gasteiger partial charge on any atom is 0.410 e. The molecule has 2 aromatic rings. The van der Waals surface area contributed by atoms with Crippen molar-refractivity contribution in [1.82, 2.24) is 4.90 Å². The van der Waals surface area contributed by atoms with Gasteiger partial charge in [0, 0.05) is 33.9 Å². The molecule has 5 nitrogen and oxygen atoms in total. The van der Waals surface area contributed by atoms with Crippen LogP contribution in [0.4, 0.5) is 4.79 Å². The molecule has 4 unspecified atom stereocenters. The molecular formula is C26H28INO4. The minimum Gasteiger partial charge on any atom is -0.481 e. The van der Waals surface area contributed by atoms with Crippen molar-refractivity contribution in [1.29, 1.82) is 0 Å². The van der Waals surface area contributed by atoms with Crippen molar-refractivity contribution in [2.45, 2.75) is 50.5 Å². The zero-order chi connectivity index (χ0) is 22.9. The zero-order valence-electron chi connectivity index (χ0n) is 18.6. The Labute approximate surface area is 202 Å². The fraction of sp³-hybridized carbons (Fsp3) is 0.462. The number of halogens is 1. The number of carbonyl (C=O) groups excluding carboxylic acids is 1. The smallest absolute Gasteiger partial charge is 0.410 e. The average Bonchev–Trinajstić information content (AvgIpc) is 3.17. The normalized spacial score (nSPS) is 30.6. The lowest BCUT2D eigenvalue weighted by Gasteiger charge is -2.59. The van der Waals surface area contributed by atoms with Crippen molar-refractivity contribution in [3.8, 4) is 0 Å². The Morgan fingerprint density at radius 2 is 1.88 bits per heavy atom. The standard InChI is InChI=1S/C26H28INO4/c1-24(2,3)32-23(31)28-14-21-25(16-7-5-4-6-8-16)12-11-19(26(21,15-28)22(29)30)18-10-9-17(27)13-20(18)25/h4-10,13,19,21H,11-12,14-15H2,1-3H3,(H,29,30). The third-order valence-corrected chi connectivity index (χ3v) is 8.40. The van der Waals surface area contributed by atoms with Crippen molar-refractivity contribution in [2.24, 2.45) is 11.3 Å². The van der Waals surface area contributed by atoms with Crippen LogP contribution >= 0.6 is 22.6 Å². The maximum absolute atomic E-state index is 13.1. The molecule has 1 N–H and O–H groups in total. The van der Waals surface area contributed by atoms with Crippen molar-refractivity contribution in [2.75, 3.05) is 13.1 Å². The van der Waals surface area contributed by atoms with E-state index in [1.807, 2.05) is 39.0 Å². The van der Waals surface area contributed by atoms with E-state index in [0.717, 1.165) is 27.5 Å². The first kappa shape index (κ1) is 21.7. The number of rotatable bonds is 2.